The zero-order chi connectivity index (χ0) is 16.0. The molecule has 118 valence electrons. The van der Waals surface area contributed by atoms with E-state index in [0.29, 0.717) is 0 Å². The van der Waals surface area contributed by atoms with Gasteiger partial charge in [0, 0.05) is 6.42 Å². The van der Waals surface area contributed by atoms with Crippen LogP contribution in [0.1, 0.15) is 17.5 Å². The molecule has 0 atom stereocenters. The van der Waals surface area contributed by atoms with Crippen LogP contribution in [0, 0.1) is 11.3 Å². The molecule has 1 heterocycles. The Kier molecular flexibility index (Phi) is 5.07. The summed E-state index contributed by atoms with van der Waals surface area (Å²) in [4.78, 5) is 1.62. The van der Waals surface area contributed by atoms with Gasteiger partial charge in [0.1, 0.15) is 31.6 Å². The highest BCUT2D eigenvalue weighted by atomic mass is 15.2. The highest BCUT2D eigenvalue weighted by Gasteiger charge is 2.36. The average molecular weight is 307 g/mol. The Morgan fingerprint density at radius 1 is 0.913 bits per heavy atom. The maximum Gasteiger partial charge on any atom is 0.127 e. The zero-order valence-corrected chi connectivity index (χ0v) is 13.5. The van der Waals surface area contributed by atoms with Crippen molar-refractivity contribution in [3.8, 4) is 6.07 Å². The van der Waals surface area contributed by atoms with Crippen LogP contribution >= 0.6 is 0 Å². The van der Waals surface area contributed by atoms with Crippen LogP contribution in [0.3, 0.4) is 0 Å². The number of nitrogens with two attached hydrogens (primary N) is 1. The lowest BCUT2D eigenvalue weighted by molar-refractivity contribution is -0.947. The molecule has 1 aliphatic heterocycles. The molecule has 0 spiro atoms. The highest BCUT2D eigenvalue weighted by Crippen LogP contribution is 2.34. The largest absolute Gasteiger partial charge is 0.337 e. The fourth-order valence-corrected chi connectivity index (χ4v) is 3.58. The first-order valence-corrected chi connectivity index (χ1v) is 8.53. The van der Waals surface area contributed by atoms with Gasteiger partial charge in [-0.3, -0.25) is 0 Å². The van der Waals surface area contributed by atoms with Crippen LogP contribution in [0.2, 0.25) is 0 Å². The molecule has 1 fully saturated rings. The second kappa shape index (κ2) is 7.41. The number of hydrogen-bond donors (Lipinski definition) is 2. The summed E-state index contributed by atoms with van der Waals surface area (Å²) < 4.78 is 0. The smallest absolute Gasteiger partial charge is 0.127 e. The molecule has 0 amide bonds. The number of nitrogens with zero attached hydrogens (tertiary/aromatic N) is 1. The summed E-state index contributed by atoms with van der Waals surface area (Å²) >= 11 is 0. The molecule has 0 aliphatic carbocycles. The van der Waals surface area contributed by atoms with Crippen LogP contribution in [-0.2, 0) is 5.41 Å². The number of rotatable bonds is 5. The fourth-order valence-electron chi connectivity index (χ4n) is 3.58. The topological polar surface area (TPSA) is 44.8 Å². The minimum absolute atomic E-state index is 0.545. The van der Waals surface area contributed by atoms with E-state index in [0.717, 1.165) is 24.1 Å². The lowest BCUT2D eigenvalue weighted by Gasteiger charge is -2.30. The molecule has 0 saturated carbocycles. The number of benzene rings is 2. The summed E-state index contributed by atoms with van der Waals surface area (Å²) in [6.45, 7) is 5.85. The molecule has 23 heavy (non-hydrogen) atoms. The van der Waals surface area contributed by atoms with Gasteiger partial charge in [-0.05, 0) is 11.1 Å². The van der Waals surface area contributed by atoms with Gasteiger partial charge in [-0.2, -0.15) is 5.26 Å². The van der Waals surface area contributed by atoms with Gasteiger partial charge >= 0.3 is 0 Å². The van der Waals surface area contributed by atoms with Gasteiger partial charge in [-0.25, -0.2) is 0 Å². The first kappa shape index (κ1) is 15.7. The maximum absolute atomic E-state index is 10.1. The summed E-state index contributed by atoms with van der Waals surface area (Å²) in [6, 6.07) is 23.2. The van der Waals surface area contributed by atoms with Gasteiger partial charge in [0.2, 0.25) is 0 Å². The average Bonchev–Trinajstić information content (AvgIpc) is 2.65. The predicted molar refractivity (Wildman–Crippen MR) is 91.1 cm³/mol. The van der Waals surface area contributed by atoms with Crippen molar-refractivity contribution < 1.29 is 10.2 Å². The molecular formula is C20H25N3+2. The first-order chi connectivity index (χ1) is 11.3. The lowest BCUT2D eigenvalue weighted by atomic mass is 9.73. The molecule has 0 bridgehead atoms. The molecule has 2 aromatic carbocycles. The molecule has 0 aromatic heterocycles. The van der Waals surface area contributed by atoms with E-state index in [9.17, 15) is 5.26 Å². The zero-order valence-electron chi connectivity index (χ0n) is 13.5. The van der Waals surface area contributed by atoms with E-state index < -0.39 is 5.41 Å². The molecule has 1 saturated heterocycles. The Morgan fingerprint density at radius 2 is 1.43 bits per heavy atom. The lowest BCUT2D eigenvalue weighted by Crippen LogP contribution is -3.20. The third-order valence-corrected chi connectivity index (χ3v) is 4.98. The molecular weight excluding hydrogens is 282 g/mol. The minimum atomic E-state index is -0.545. The standard InChI is InChI=1S/C20H23N3/c21-17-20(18-7-3-1-4-8-18,19-9-5-2-6-10-19)11-14-23-15-12-22-13-16-23/h1-10,22H,11-16H2/p+2. The Bertz CT molecular complexity index is 600. The molecule has 3 rings (SSSR count). The van der Waals surface area contributed by atoms with E-state index in [1.807, 2.05) is 36.4 Å². The van der Waals surface area contributed by atoms with Gasteiger partial charge in [0.05, 0.1) is 12.6 Å². The van der Waals surface area contributed by atoms with E-state index in [-0.39, 0.29) is 0 Å². The molecule has 2 aromatic rings. The summed E-state index contributed by atoms with van der Waals surface area (Å²) in [5.41, 5.74) is 1.67. The molecule has 0 unspecified atom stereocenters. The SMILES string of the molecule is N#CC(CC[NH+]1CC[NH2+]CC1)(c1ccccc1)c1ccccc1. The molecule has 0 radical (unpaired) electrons. The third kappa shape index (κ3) is 3.44. The van der Waals surface area contributed by atoms with Crippen LogP contribution in [0.15, 0.2) is 60.7 Å². The van der Waals surface area contributed by atoms with Crippen LogP contribution in [0.4, 0.5) is 0 Å². The van der Waals surface area contributed by atoms with E-state index in [1.165, 1.54) is 26.2 Å². The van der Waals surface area contributed by atoms with Crippen LogP contribution in [0.25, 0.3) is 0 Å². The summed E-state index contributed by atoms with van der Waals surface area (Å²) in [6.07, 6.45) is 0.868. The van der Waals surface area contributed by atoms with E-state index in [4.69, 9.17) is 0 Å². The van der Waals surface area contributed by atoms with Gasteiger partial charge in [0.25, 0.3) is 0 Å². The van der Waals surface area contributed by atoms with Gasteiger partial charge in [-0.15, -0.1) is 0 Å². The number of quaternary nitrogens is 2. The number of hydrogen-bond acceptors (Lipinski definition) is 1. The Hall–Kier alpha value is -2.15. The van der Waals surface area contributed by atoms with Crippen molar-refractivity contribution in [2.24, 2.45) is 0 Å². The molecule has 3 N–H and O–H groups in total. The van der Waals surface area contributed by atoms with Crippen molar-refractivity contribution in [1.29, 1.82) is 5.26 Å². The first-order valence-electron chi connectivity index (χ1n) is 8.53. The van der Waals surface area contributed by atoms with Crippen LogP contribution in [-0.4, -0.2) is 32.7 Å². The van der Waals surface area contributed by atoms with E-state index >= 15 is 0 Å². The monoisotopic (exact) mass is 307 g/mol. The number of nitriles is 1. The summed E-state index contributed by atoms with van der Waals surface area (Å²) in [5, 5.41) is 12.5. The van der Waals surface area contributed by atoms with Crippen LogP contribution in [0.5, 0.6) is 0 Å². The van der Waals surface area contributed by atoms with Gasteiger partial charge in [0.15, 0.2) is 0 Å². The number of nitrogens with one attached hydrogen (secondary N) is 1. The van der Waals surface area contributed by atoms with Crippen molar-refractivity contribution in [3.05, 3.63) is 71.8 Å². The van der Waals surface area contributed by atoms with Crippen molar-refractivity contribution in [3.63, 3.8) is 0 Å². The van der Waals surface area contributed by atoms with E-state index in [1.54, 1.807) is 4.90 Å². The third-order valence-electron chi connectivity index (χ3n) is 4.98. The second-order valence-electron chi connectivity index (χ2n) is 6.37. The fraction of sp³-hybridized carbons (Fsp3) is 0.350. The van der Waals surface area contributed by atoms with Gasteiger partial charge in [-0.1, -0.05) is 60.7 Å². The predicted octanol–water partition coefficient (Wildman–Crippen LogP) is 0.348. The van der Waals surface area contributed by atoms with Crippen molar-refractivity contribution >= 4 is 0 Å². The molecule has 3 heteroatoms. The Labute approximate surface area is 138 Å². The van der Waals surface area contributed by atoms with Crippen molar-refractivity contribution in [1.82, 2.24) is 0 Å². The van der Waals surface area contributed by atoms with Crippen molar-refractivity contribution in [2.45, 2.75) is 11.8 Å². The molecule has 1 aliphatic rings. The quantitative estimate of drug-likeness (QED) is 0.822. The van der Waals surface area contributed by atoms with Gasteiger partial charge < -0.3 is 10.2 Å². The van der Waals surface area contributed by atoms with E-state index in [2.05, 4.69) is 35.7 Å². The summed E-state index contributed by atoms with van der Waals surface area (Å²) in [7, 11) is 0. The minimum Gasteiger partial charge on any atom is -0.337 e. The Morgan fingerprint density at radius 3 is 1.91 bits per heavy atom. The number of piperazine rings is 1. The second-order valence-corrected chi connectivity index (χ2v) is 6.37. The Balaban J connectivity index is 1.91. The normalized spacial score (nSPS) is 16.0. The van der Waals surface area contributed by atoms with Crippen LogP contribution < -0.4 is 10.2 Å². The summed E-state index contributed by atoms with van der Waals surface area (Å²) in [5.74, 6) is 0. The highest BCUT2D eigenvalue weighted by molar-refractivity contribution is 5.45. The van der Waals surface area contributed by atoms with Crippen molar-refractivity contribution in [2.75, 3.05) is 32.7 Å². The maximum atomic E-state index is 10.1. The molecule has 3 nitrogen and oxygen atoms in total.